The zero-order chi connectivity index (χ0) is 16.1. The molecule has 124 valence electrons. The lowest BCUT2D eigenvalue weighted by Crippen LogP contribution is -2.61. The Kier molecular flexibility index (Phi) is 6.47. The second-order valence-electron chi connectivity index (χ2n) is 7.45. The smallest absolute Gasteiger partial charge is 0.408 e. The number of ether oxygens (including phenoxy) is 2. The molecule has 0 heterocycles. The molecule has 5 nitrogen and oxygen atoms in total. The van der Waals surface area contributed by atoms with Gasteiger partial charge in [0.25, 0.3) is 0 Å². The number of amides is 1. The van der Waals surface area contributed by atoms with Crippen molar-refractivity contribution in [2.75, 3.05) is 20.3 Å². The van der Waals surface area contributed by atoms with Gasteiger partial charge in [0.1, 0.15) is 5.60 Å². The van der Waals surface area contributed by atoms with Gasteiger partial charge in [-0.3, -0.25) is 0 Å². The van der Waals surface area contributed by atoms with Crippen molar-refractivity contribution in [3.8, 4) is 0 Å². The van der Waals surface area contributed by atoms with Crippen LogP contribution in [0.3, 0.4) is 0 Å². The summed E-state index contributed by atoms with van der Waals surface area (Å²) in [4.78, 5) is 12.0. The summed E-state index contributed by atoms with van der Waals surface area (Å²) in [6, 6.07) is 0.299. The predicted octanol–water partition coefficient (Wildman–Crippen LogP) is 2.69. The number of nitrogens with one attached hydrogen (secondary N) is 2. The van der Waals surface area contributed by atoms with Gasteiger partial charge in [-0.2, -0.15) is 0 Å². The summed E-state index contributed by atoms with van der Waals surface area (Å²) in [5, 5.41) is 6.59. The summed E-state index contributed by atoms with van der Waals surface area (Å²) >= 11 is 0. The molecule has 1 fully saturated rings. The Balaban J connectivity index is 2.50. The molecule has 2 N–H and O–H groups in total. The van der Waals surface area contributed by atoms with Crippen LogP contribution in [0.25, 0.3) is 0 Å². The van der Waals surface area contributed by atoms with Crippen molar-refractivity contribution in [3.05, 3.63) is 0 Å². The number of hydrogen-bond donors (Lipinski definition) is 2. The van der Waals surface area contributed by atoms with Crippen molar-refractivity contribution in [2.24, 2.45) is 5.92 Å². The first-order valence-electron chi connectivity index (χ1n) is 7.91. The van der Waals surface area contributed by atoms with Crippen LogP contribution in [0.4, 0.5) is 4.79 Å². The van der Waals surface area contributed by atoms with Crippen molar-refractivity contribution >= 4 is 6.09 Å². The fraction of sp³-hybridized carbons (Fsp3) is 0.938. The van der Waals surface area contributed by atoms with Crippen LogP contribution in [0, 0.1) is 5.92 Å². The van der Waals surface area contributed by atoms with Gasteiger partial charge in [0.15, 0.2) is 0 Å². The molecule has 0 saturated heterocycles. The first kappa shape index (κ1) is 18.2. The molecule has 1 saturated carbocycles. The summed E-state index contributed by atoms with van der Waals surface area (Å²) in [5.41, 5.74) is -0.623. The number of hydrogen-bond acceptors (Lipinski definition) is 4. The minimum atomic E-state index is -0.459. The number of rotatable bonds is 7. The van der Waals surface area contributed by atoms with E-state index in [0.29, 0.717) is 18.6 Å². The molecular formula is C16H32N2O3. The van der Waals surface area contributed by atoms with Gasteiger partial charge in [-0.05, 0) is 46.0 Å². The van der Waals surface area contributed by atoms with Crippen LogP contribution >= 0.6 is 0 Å². The van der Waals surface area contributed by atoms with Crippen molar-refractivity contribution in [1.82, 2.24) is 10.6 Å². The maximum absolute atomic E-state index is 12.0. The molecular weight excluding hydrogens is 268 g/mol. The molecule has 1 atom stereocenters. The third-order valence-corrected chi connectivity index (χ3v) is 3.93. The van der Waals surface area contributed by atoms with Crippen molar-refractivity contribution in [2.45, 2.75) is 71.1 Å². The van der Waals surface area contributed by atoms with Crippen LogP contribution in [0.5, 0.6) is 0 Å². The summed E-state index contributed by atoms with van der Waals surface area (Å²) in [7, 11) is 1.72. The van der Waals surface area contributed by atoms with Crippen molar-refractivity contribution in [3.63, 3.8) is 0 Å². The molecule has 0 aromatic rings. The lowest BCUT2D eigenvalue weighted by Gasteiger charge is -2.44. The Labute approximate surface area is 129 Å². The molecule has 1 aliphatic carbocycles. The molecule has 0 spiro atoms. The molecule has 21 heavy (non-hydrogen) atoms. The Hall–Kier alpha value is -0.810. The SMILES string of the molecule is COCC(NCC1(NC(=O)OC(C)(C)C)CCC1)C(C)C. The summed E-state index contributed by atoms with van der Waals surface area (Å²) in [6.07, 6.45) is 2.82. The summed E-state index contributed by atoms with van der Waals surface area (Å²) in [5.74, 6) is 0.489. The molecule has 1 rings (SSSR count). The number of carbonyl (C=O) groups is 1. The minimum absolute atomic E-state index is 0.163. The van der Waals surface area contributed by atoms with Crippen LogP contribution in [-0.2, 0) is 9.47 Å². The molecule has 0 aromatic carbocycles. The maximum atomic E-state index is 12.0. The van der Waals surface area contributed by atoms with E-state index in [0.717, 1.165) is 25.8 Å². The highest BCUT2D eigenvalue weighted by Crippen LogP contribution is 2.31. The van der Waals surface area contributed by atoms with Gasteiger partial charge in [0, 0.05) is 19.7 Å². The number of alkyl carbamates (subject to hydrolysis) is 1. The van der Waals surface area contributed by atoms with E-state index in [1.807, 2.05) is 20.8 Å². The number of carbonyl (C=O) groups excluding carboxylic acids is 1. The second kappa shape index (κ2) is 7.45. The average Bonchev–Trinajstić information content (AvgIpc) is 2.27. The molecule has 0 aromatic heterocycles. The minimum Gasteiger partial charge on any atom is -0.444 e. The van der Waals surface area contributed by atoms with Gasteiger partial charge in [0.2, 0.25) is 0 Å². The fourth-order valence-electron chi connectivity index (χ4n) is 2.46. The van der Waals surface area contributed by atoms with E-state index in [1.165, 1.54) is 0 Å². The molecule has 0 bridgehead atoms. The van der Waals surface area contributed by atoms with Gasteiger partial charge >= 0.3 is 6.09 Å². The van der Waals surface area contributed by atoms with E-state index in [-0.39, 0.29) is 11.6 Å². The average molecular weight is 300 g/mol. The number of methoxy groups -OCH3 is 1. The molecule has 1 aliphatic rings. The van der Waals surface area contributed by atoms with Crippen LogP contribution in [0.15, 0.2) is 0 Å². The van der Waals surface area contributed by atoms with Gasteiger partial charge in [0.05, 0.1) is 12.1 Å². The Morgan fingerprint density at radius 2 is 1.90 bits per heavy atom. The van der Waals surface area contributed by atoms with Crippen molar-refractivity contribution < 1.29 is 14.3 Å². The van der Waals surface area contributed by atoms with E-state index in [2.05, 4.69) is 24.5 Å². The zero-order valence-electron chi connectivity index (χ0n) is 14.4. The quantitative estimate of drug-likeness (QED) is 0.759. The Morgan fingerprint density at radius 1 is 1.29 bits per heavy atom. The van der Waals surface area contributed by atoms with Crippen LogP contribution in [0.1, 0.15) is 53.9 Å². The lowest BCUT2D eigenvalue weighted by molar-refractivity contribution is 0.0369. The van der Waals surface area contributed by atoms with E-state index in [9.17, 15) is 4.79 Å². The zero-order valence-corrected chi connectivity index (χ0v) is 14.4. The normalized spacial score (nSPS) is 19.0. The fourth-order valence-corrected chi connectivity index (χ4v) is 2.46. The van der Waals surface area contributed by atoms with Crippen molar-refractivity contribution in [1.29, 1.82) is 0 Å². The predicted molar refractivity (Wildman–Crippen MR) is 84.5 cm³/mol. The van der Waals surface area contributed by atoms with E-state index >= 15 is 0 Å². The Bertz CT molecular complexity index is 333. The van der Waals surface area contributed by atoms with Crippen LogP contribution in [-0.4, -0.2) is 43.5 Å². The van der Waals surface area contributed by atoms with E-state index < -0.39 is 5.60 Å². The first-order valence-corrected chi connectivity index (χ1v) is 7.91. The topological polar surface area (TPSA) is 59.6 Å². The van der Waals surface area contributed by atoms with E-state index in [4.69, 9.17) is 9.47 Å². The second-order valence-corrected chi connectivity index (χ2v) is 7.45. The molecule has 0 aliphatic heterocycles. The highest BCUT2D eigenvalue weighted by Gasteiger charge is 2.39. The molecule has 1 amide bonds. The largest absolute Gasteiger partial charge is 0.444 e. The third-order valence-electron chi connectivity index (χ3n) is 3.93. The molecule has 0 radical (unpaired) electrons. The van der Waals surface area contributed by atoms with Gasteiger partial charge in [-0.15, -0.1) is 0 Å². The standard InChI is InChI=1S/C16H32N2O3/c1-12(2)13(10-20-6)17-11-16(8-7-9-16)18-14(19)21-15(3,4)5/h12-13,17H,7-11H2,1-6H3,(H,18,19). The van der Waals surface area contributed by atoms with E-state index in [1.54, 1.807) is 7.11 Å². The highest BCUT2D eigenvalue weighted by atomic mass is 16.6. The van der Waals surface area contributed by atoms with Gasteiger partial charge in [-0.25, -0.2) is 4.79 Å². The monoisotopic (exact) mass is 300 g/mol. The van der Waals surface area contributed by atoms with Crippen LogP contribution in [0.2, 0.25) is 0 Å². The Morgan fingerprint density at radius 3 is 2.29 bits per heavy atom. The lowest BCUT2D eigenvalue weighted by atomic mass is 9.76. The van der Waals surface area contributed by atoms with Gasteiger partial charge < -0.3 is 20.1 Å². The summed E-state index contributed by atoms with van der Waals surface area (Å²) < 4.78 is 10.6. The third kappa shape index (κ3) is 6.22. The van der Waals surface area contributed by atoms with Crippen LogP contribution < -0.4 is 10.6 Å². The maximum Gasteiger partial charge on any atom is 0.408 e. The first-order chi connectivity index (χ1) is 9.67. The molecule has 1 unspecified atom stereocenters. The molecule has 5 heteroatoms. The van der Waals surface area contributed by atoms with Gasteiger partial charge in [-0.1, -0.05) is 13.8 Å². The highest BCUT2D eigenvalue weighted by molar-refractivity contribution is 5.69. The summed E-state index contributed by atoms with van der Waals surface area (Å²) in [6.45, 7) is 11.4.